The lowest BCUT2D eigenvalue weighted by Gasteiger charge is -2.36. The molecular weight excluding hydrogens is 673 g/mol. The molecule has 1 amide bonds. The highest BCUT2D eigenvalue weighted by Crippen LogP contribution is 2.46. The lowest BCUT2D eigenvalue weighted by atomic mass is 9.74. The highest BCUT2D eigenvalue weighted by Gasteiger charge is 2.46. The van der Waals surface area contributed by atoms with Gasteiger partial charge in [0.1, 0.15) is 11.5 Å². The Kier molecular flexibility index (Phi) is 12.9. The Morgan fingerprint density at radius 2 is 1.47 bits per heavy atom. The number of esters is 3. The average Bonchev–Trinajstić information content (AvgIpc) is 3.06. The van der Waals surface area contributed by atoms with Crippen LogP contribution in [-0.4, -0.2) is 92.6 Å². The second-order valence-corrected chi connectivity index (χ2v) is 13.6. The number of amides is 1. The summed E-state index contributed by atoms with van der Waals surface area (Å²) in [7, 11) is 3.71. The number of aliphatic imine (C=N–C) groups is 1. The fraction of sp³-hybridized carbons (Fsp3) is 0.472. The number of allylic oxidation sites excluding steroid dienone is 1. The smallest absolute Gasteiger partial charge is 0.410 e. The summed E-state index contributed by atoms with van der Waals surface area (Å²) < 4.78 is 20.9. The molecule has 2 unspecified atom stereocenters. The van der Waals surface area contributed by atoms with Crippen LogP contribution < -0.4 is 0 Å². The van der Waals surface area contributed by atoms with Crippen molar-refractivity contribution in [2.24, 2.45) is 10.9 Å². The van der Waals surface area contributed by atoms with Gasteiger partial charge in [-0.25, -0.2) is 9.59 Å². The van der Waals surface area contributed by atoms with Crippen LogP contribution in [0.15, 0.2) is 58.7 Å². The quantitative estimate of drug-likeness (QED) is 0.215. The summed E-state index contributed by atoms with van der Waals surface area (Å²) in [6, 6.07) is 12.9. The Hall–Kier alpha value is -3.93. The van der Waals surface area contributed by atoms with Gasteiger partial charge in [-0.1, -0.05) is 53.5 Å². The topological polar surface area (TPSA) is 124 Å². The summed E-state index contributed by atoms with van der Waals surface area (Å²) >= 11 is 13.4. The lowest BCUT2D eigenvalue weighted by molar-refractivity contribution is -0.143. The van der Waals surface area contributed by atoms with Gasteiger partial charge >= 0.3 is 24.0 Å². The number of hydrogen-bond acceptors (Lipinski definition) is 10. The average molecular weight is 717 g/mol. The molecule has 4 rings (SSSR count). The molecule has 2 aromatic carbocycles. The highest BCUT2D eigenvalue weighted by atomic mass is 35.5. The Bertz CT molecular complexity index is 1610. The molecule has 2 atom stereocenters. The molecule has 2 aromatic rings. The standard InChI is InChI=1S/C36H43Cl2N3O8/c1-36(2,3)49-35(45)41-18-16-40(17-19-41)21-23-11-8-7-10-22(23)14-15-26-30(33(43)47-5)32(29-24(37)12-9-13-25(29)38)31(34(44)48-6)27(39-26)20-28(42)46-4/h7-13,31-32H,14-21H2,1-6H3. The molecule has 2 heterocycles. The molecule has 0 aliphatic carbocycles. The molecule has 0 bridgehead atoms. The van der Waals surface area contributed by atoms with Gasteiger partial charge in [0, 0.05) is 54.4 Å². The number of aryl methyl sites for hydroxylation is 1. The van der Waals surface area contributed by atoms with E-state index < -0.39 is 35.3 Å². The molecule has 0 radical (unpaired) electrons. The van der Waals surface area contributed by atoms with Crippen LogP contribution in [0.1, 0.15) is 56.2 Å². The van der Waals surface area contributed by atoms with Crippen LogP contribution in [0.2, 0.25) is 10.0 Å². The molecule has 0 saturated carbocycles. The Balaban J connectivity index is 1.68. The van der Waals surface area contributed by atoms with E-state index in [1.165, 1.54) is 21.3 Å². The van der Waals surface area contributed by atoms with E-state index in [4.69, 9.17) is 47.1 Å². The molecule has 0 aromatic heterocycles. The van der Waals surface area contributed by atoms with E-state index >= 15 is 0 Å². The van der Waals surface area contributed by atoms with Gasteiger partial charge in [0.05, 0.1) is 39.0 Å². The predicted molar refractivity (Wildman–Crippen MR) is 186 cm³/mol. The third-order valence-corrected chi connectivity index (χ3v) is 9.14. The van der Waals surface area contributed by atoms with Crippen LogP contribution in [0.5, 0.6) is 0 Å². The van der Waals surface area contributed by atoms with E-state index in [-0.39, 0.29) is 40.3 Å². The van der Waals surface area contributed by atoms with Gasteiger partial charge in [0.25, 0.3) is 0 Å². The molecule has 13 heteroatoms. The molecule has 0 spiro atoms. The molecule has 264 valence electrons. The summed E-state index contributed by atoms with van der Waals surface area (Å²) in [6.07, 6.45) is 0.113. The minimum atomic E-state index is -1.20. The van der Waals surface area contributed by atoms with Crippen LogP contribution in [0.4, 0.5) is 4.79 Å². The number of hydrogen-bond donors (Lipinski definition) is 0. The molecule has 49 heavy (non-hydrogen) atoms. The van der Waals surface area contributed by atoms with Gasteiger partial charge in [-0.3, -0.25) is 19.5 Å². The van der Waals surface area contributed by atoms with E-state index in [1.54, 1.807) is 23.1 Å². The van der Waals surface area contributed by atoms with E-state index in [9.17, 15) is 19.2 Å². The first-order valence-corrected chi connectivity index (χ1v) is 16.8. The minimum absolute atomic E-state index is 0.109. The lowest BCUT2D eigenvalue weighted by Crippen LogP contribution is -2.49. The molecule has 1 saturated heterocycles. The third kappa shape index (κ3) is 9.40. The van der Waals surface area contributed by atoms with Crippen molar-refractivity contribution in [3.63, 3.8) is 0 Å². The number of nitrogens with zero attached hydrogens (tertiary/aromatic N) is 3. The minimum Gasteiger partial charge on any atom is -0.469 e. The van der Waals surface area contributed by atoms with Gasteiger partial charge in [0.15, 0.2) is 0 Å². The SMILES string of the molecule is COC(=O)CC1=NC(CCc2ccccc2CN2CCN(C(=O)OC(C)(C)C)CC2)=C(C(=O)OC)C(c2c(Cl)cccc2Cl)C1C(=O)OC. The second-order valence-electron chi connectivity index (χ2n) is 12.8. The van der Waals surface area contributed by atoms with Crippen molar-refractivity contribution in [1.29, 1.82) is 0 Å². The maximum absolute atomic E-state index is 13.6. The number of carbonyl (C=O) groups is 4. The Morgan fingerprint density at radius 3 is 2.04 bits per heavy atom. The van der Waals surface area contributed by atoms with Gasteiger partial charge in [-0.2, -0.15) is 0 Å². The maximum atomic E-state index is 13.6. The number of piperazine rings is 1. The molecular formula is C36H43Cl2N3O8. The van der Waals surface area contributed by atoms with Gasteiger partial charge in [-0.15, -0.1) is 0 Å². The summed E-state index contributed by atoms with van der Waals surface area (Å²) in [6.45, 7) is 8.68. The van der Waals surface area contributed by atoms with Crippen molar-refractivity contribution >= 4 is 52.9 Å². The van der Waals surface area contributed by atoms with E-state index in [1.807, 2.05) is 39.0 Å². The van der Waals surface area contributed by atoms with Crippen LogP contribution >= 0.6 is 23.2 Å². The van der Waals surface area contributed by atoms with Crippen molar-refractivity contribution in [3.05, 3.63) is 80.5 Å². The first-order chi connectivity index (χ1) is 23.3. The van der Waals surface area contributed by atoms with Crippen LogP contribution in [-0.2, 0) is 46.3 Å². The number of rotatable bonds is 10. The molecule has 11 nitrogen and oxygen atoms in total. The van der Waals surface area contributed by atoms with Crippen molar-refractivity contribution in [3.8, 4) is 0 Å². The van der Waals surface area contributed by atoms with Crippen LogP contribution in [0.25, 0.3) is 0 Å². The zero-order valence-corrected chi connectivity index (χ0v) is 30.2. The van der Waals surface area contributed by atoms with Crippen molar-refractivity contribution in [1.82, 2.24) is 9.80 Å². The van der Waals surface area contributed by atoms with Gasteiger partial charge < -0.3 is 23.8 Å². The van der Waals surface area contributed by atoms with Crippen LogP contribution in [0.3, 0.4) is 0 Å². The maximum Gasteiger partial charge on any atom is 0.410 e. The highest BCUT2D eigenvalue weighted by molar-refractivity contribution is 6.36. The third-order valence-electron chi connectivity index (χ3n) is 8.48. The monoisotopic (exact) mass is 715 g/mol. The normalized spacial score (nSPS) is 18.4. The summed E-state index contributed by atoms with van der Waals surface area (Å²) in [5, 5.41) is 0.451. The number of benzene rings is 2. The number of ether oxygens (including phenoxy) is 4. The Morgan fingerprint density at radius 1 is 0.837 bits per heavy atom. The predicted octanol–water partition coefficient (Wildman–Crippen LogP) is 6.00. The largest absolute Gasteiger partial charge is 0.469 e. The van der Waals surface area contributed by atoms with E-state index in [0.717, 1.165) is 11.1 Å². The van der Waals surface area contributed by atoms with E-state index in [0.29, 0.717) is 50.4 Å². The van der Waals surface area contributed by atoms with Crippen molar-refractivity contribution in [2.45, 2.75) is 58.1 Å². The van der Waals surface area contributed by atoms with Crippen molar-refractivity contribution < 1.29 is 38.1 Å². The molecule has 2 aliphatic rings. The molecule has 1 fully saturated rings. The van der Waals surface area contributed by atoms with Crippen LogP contribution in [0, 0.1) is 5.92 Å². The molecule has 2 aliphatic heterocycles. The first-order valence-electron chi connectivity index (χ1n) is 16.0. The van der Waals surface area contributed by atoms with Gasteiger partial charge in [-0.05, 0) is 62.4 Å². The second kappa shape index (κ2) is 16.7. The number of carbonyl (C=O) groups excluding carboxylic acids is 4. The summed E-state index contributed by atoms with van der Waals surface area (Å²) in [5.74, 6) is -4.30. The van der Waals surface area contributed by atoms with Crippen molar-refractivity contribution in [2.75, 3.05) is 47.5 Å². The summed E-state index contributed by atoms with van der Waals surface area (Å²) in [4.78, 5) is 60.9. The van der Waals surface area contributed by atoms with Gasteiger partial charge in [0.2, 0.25) is 0 Å². The van der Waals surface area contributed by atoms with E-state index in [2.05, 4.69) is 11.0 Å². The number of methoxy groups -OCH3 is 3. The first kappa shape index (κ1) is 37.9. The fourth-order valence-corrected chi connectivity index (χ4v) is 6.77. The Labute approximate surface area is 297 Å². The molecule has 0 N–H and O–H groups in total. The zero-order valence-electron chi connectivity index (χ0n) is 28.7. The summed E-state index contributed by atoms with van der Waals surface area (Å²) in [5.41, 5.74) is 2.49. The fourth-order valence-electron chi connectivity index (χ4n) is 6.14. The number of halogens is 2. The zero-order chi connectivity index (χ0) is 35.9.